The van der Waals surface area contributed by atoms with Gasteiger partial charge in [0.2, 0.25) is 0 Å². The van der Waals surface area contributed by atoms with E-state index in [0.717, 1.165) is 46.5 Å². The van der Waals surface area contributed by atoms with Gasteiger partial charge in [-0.15, -0.1) is 0 Å². The molecule has 0 unspecified atom stereocenters. The van der Waals surface area contributed by atoms with Crippen LogP contribution >= 0.6 is 0 Å². The number of fused-ring (bicyclic) bond motifs is 1. The molecule has 0 aliphatic heterocycles. The third-order valence-corrected chi connectivity index (χ3v) is 4.76. The lowest BCUT2D eigenvalue weighted by atomic mass is 10.0. The Balaban J connectivity index is 2.08. The number of para-hydroxylation sites is 1. The standard InChI is InChI=1S/C21H25N3O2/c1-4-26-13-7-12-24-14(2)19(20(15(24)3)21(22)25)18-11-10-16-8-5-6-9-17(16)23-18/h5-6,8-11H,4,7,12-13H2,1-3H3,(H2,22,25). The second kappa shape index (κ2) is 7.70. The quantitative estimate of drug-likeness (QED) is 0.657. The SMILES string of the molecule is CCOCCCn1c(C)c(C(N)=O)c(-c2ccc3ccccc3n2)c1C. The van der Waals surface area contributed by atoms with E-state index in [1.807, 2.05) is 57.2 Å². The Hall–Kier alpha value is -2.66. The van der Waals surface area contributed by atoms with Crippen LogP contribution in [0.15, 0.2) is 36.4 Å². The van der Waals surface area contributed by atoms with Crippen molar-refractivity contribution < 1.29 is 9.53 Å². The van der Waals surface area contributed by atoms with Gasteiger partial charge in [-0.1, -0.05) is 24.3 Å². The highest BCUT2D eigenvalue weighted by atomic mass is 16.5. The number of hydrogen-bond donors (Lipinski definition) is 1. The van der Waals surface area contributed by atoms with Gasteiger partial charge in [0.25, 0.3) is 5.91 Å². The molecular formula is C21H25N3O2. The van der Waals surface area contributed by atoms with Crippen molar-refractivity contribution in [1.82, 2.24) is 9.55 Å². The second-order valence-electron chi connectivity index (χ2n) is 6.38. The van der Waals surface area contributed by atoms with Gasteiger partial charge in [0.15, 0.2) is 0 Å². The molecular weight excluding hydrogens is 326 g/mol. The number of benzene rings is 1. The number of ether oxygens (including phenoxy) is 1. The number of aromatic nitrogens is 2. The van der Waals surface area contributed by atoms with E-state index in [1.54, 1.807) is 0 Å². The molecule has 5 heteroatoms. The Morgan fingerprint density at radius 1 is 1.15 bits per heavy atom. The smallest absolute Gasteiger partial charge is 0.251 e. The number of rotatable bonds is 7. The van der Waals surface area contributed by atoms with Crippen molar-refractivity contribution in [3.05, 3.63) is 53.3 Å². The van der Waals surface area contributed by atoms with Crippen molar-refractivity contribution in [3.63, 3.8) is 0 Å². The summed E-state index contributed by atoms with van der Waals surface area (Å²) in [6.45, 7) is 8.14. The van der Waals surface area contributed by atoms with Crippen molar-refractivity contribution in [1.29, 1.82) is 0 Å². The number of pyridine rings is 1. The molecule has 0 aliphatic carbocycles. The third kappa shape index (κ3) is 3.35. The number of amides is 1. The predicted octanol–water partition coefficient (Wildman–Crippen LogP) is 3.85. The van der Waals surface area contributed by atoms with Gasteiger partial charge in [-0.05, 0) is 39.3 Å². The molecule has 1 amide bonds. The van der Waals surface area contributed by atoms with Gasteiger partial charge in [0, 0.05) is 42.1 Å². The van der Waals surface area contributed by atoms with E-state index < -0.39 is 5.91 Å². The Morgan fingerprint density at radius 3 is 2.65 bits per heavy atom. The topological polar surface area (TPSA) is 70.1 Å². The zero-order valence-corrected chi connectivity index (χ0v) is 15.6. The maximum atomic E-state index is 12.2. The predicted molar refractivity (Wildman–Crippen MR) is 104 cm³/mol. The molecule has 0 atom stereocenters. The third-order valence-electron chi connectivity index (χ3n) is 4.76. The van der Waals surface area contributed by atoms with Crippen molar-refractivity contribution in [2.24, 2.45) is 5.73 Å². The zero-order valence-electron chi connectivity index (χ0n) is 15.6. The van der Waals surface area contributed by atoms with Crippen LogP contribution in [0.25, 0.3) is 22.2 Å². The fourth-order valence-electron chi connectivity index (χ4n) is 3.51. The van der Waals surface area contributed by atoms with Crippen molar-refractivity contribution in [2.45, 2.75) is 33.7 Å². The summed E-state index contributed by atoms with van der Waals surface area (Å²) in [5.74, 6) is -0.417. The number of nitrogens with two attached hydrogens (primary N) is 1. The molecule has 2 N–H and O–H groups in total. The number of carbonyl (C=O) groups excluding carboxylic acids is 1. The Kier molecular flexibility index (Phi) is 5.38. The van der Waals surface area contributed by atoms with Crippen LogP contribution in [0, 0.1) is 13.8 Å². The minimum absolute atomic E-state index is 0.417. The summed E-state index contributed by atoms with van der Waals surface area (Å²) in [6.07, 6.45) is 0.882. The molecule has 0 bridgehead atoms. The Bertz CT molecular complexity index is 944. The molecule has 0 saturated heterocycles. The average molecular weight is 351 g/mol. The first kappa shape index (κ1) is 18.1. The van der Waals surface area contributed by atoms with E-state index in [-0.39, 0.29) is 0 Å². The zero-order chi connectivity index (χ0) is 18.7. The summed E-state index contributed by atoms with van der Waals surface area (Å²) in [7, 11) is 0. The van der Waals surface area contributed by atoms with Gasteiger partial charge in [-0.2, -0.15) is 0 Å². The van der Waals surface area contributed by atoms with Crippen molar-refractivity contribution >= 4 is 16.8 Å². The van der Waals surface area contributed by atoms with Crippen molar-refractivity contribution in [2.75, 3.05) is 13.2 Å². The highest BCUT2D eigenvalue weighted by Gasteiger charge is 2.23. The van der Waals surface area contributed by atoms with Crippen LogP contribution in [-0.2, 0) is 11.3 Å². The molecule has 0 aliphatic rings. The van der Waals surface area contributed by atoms with Gasteiger partial charge in [-0.25, -0.2) is 4.98 Å². The van der Waals surface area contributed by atoms with Gasteiger partial charge in [-0.3, -0.25) is 4.79 Å². The van der Waals surface area contributed by atoms with Crippen LogP contribution in [0.3, 0.4) is 0 Å². The second-order valence-corrected chi connectivity index (χ2v) is 6.38. The van der Waals surface area contributed by atoms with Crippen LogP contribution in [0.2, 0.25) is 0 Å². The molecule has 0 saturated carbocycles. The van der Waals surface area contributed by atoms with E-state index in [9.17, 15) is 4.79 Å². The van der Waals surface area contributed by atoms with Crippen LogP contribution in [0.1, 0.15) is 35.1 Å². The van der Waals surface area contributed by atoms with Crippen LogP contribution in [0.5, 0.6) is 0 Å². The lowest BCUT2D eigenvalue weighted by molar-refractivity contribution is 0.1000. The summed E-state index contributed by atoms with van der Waals surface area (Å²) < 4.78 is 7.58. The fourth-order valence-corrected chi connectivity index (χ4v) is 3.51. The number of carbonyl (C=O) groups is 1. The minimum atomic E-state index is -0.417. The monoisotopic (exact) mass is 351 g/mol. The van der Waals surface area contributed by atoms with E-state index >= 15 is 0 Å². The lowest BCUT2D eigenvalue weighted by Gasteiger charge is -2.10. The van der Waals surface area contributed by atoms with Crippen LogP contribution < -0.4 is 5.73 Å². The van der Waals surface area contributed by atoms with E-state index in [1.165, 1.54) is 0 Å². The van der Waals surface area contributed by atoms with Gasteiger partial charge < -0.3 is 15.0 Å². The normalized spacial score (nSPS) is 11.2. The molecule has 5 nitrogen and oxygen atoms in total. The first-order valence-electron chi connectivity index (χ1n) is 8.98. The minimum Gasteiger partial charge on any atom is -0.382 e. The van der Waals surface area contributed by atoms with Crippen LogP contribution in [-0.4, -0.2) is 28.7 Å². The molecule has 26 heavy (non-hydrogen) atoms. The van der Waals surface area contributed by atoms with E-state index in [2.05, 4.69) is 4.57 Å². The maximum absolute atomic E-state index is 12.2. The number of nitrogens with zero attached hydrogens (tertiary/aromatic N) is 2. The molecule has 0 fully saturated rings. The molecule has 2 aromatic heterocycles. The first-order chi connectivity index (χ1) is 12.5. The van der Waals surface area contributed by atoms with E-state index in [4.69, 9.17) is 15.5 Å². The molecule has 0 spiro atoms. The average Bonchev–Trinajstić information content (AvgIpc) is 2.89. The molecule has 136 valence electrons. The largest absolute Gasteiger partial charge is 0.382 e. The molecule has 0 radical (unpaired) electrons. The van der Waals surface area contributed by atoms with E-state index in [0.29, 0.717) is 18.8 Å². The van der Waals surface area contributed by atoms with Crippen molar-refractivity contribution in [3.8, 4) is 11.3 Å². The highest BCUT2D eigenvalue weighted by Crippen LogP contribution is 2.32. The fraction of sp³-hybridized carbons (Fsp3) is 0.333. The highest BCUT2D eigenvalue weighted by molar-refractivity contribution is 6.02. The summed E-state index contributed by atoms with van der Waals surface area (Å²) in [6, 6.07) is 11.9. The summed E-state index contributed by atoms with van der Waals surface area (Å²) in [5.41, 5.74) is 10.7. The Labute approximate surface area is 153 Å². The molecule has 2 heterocycles. The van der Waals surface area contributed by atoms with Gasteiger partial charge in [0.1, 0.15) is 0 Å². The maximum Gasteiger partial charge on any atom is 0.251 e. The molecule has 3 aromatic rings. The summed E-state index contributed by atoms with van der Waals surface area (Å²) in [5, 5.41) is 1.07. The summed E-state index contributed by atoms with van der Waals surface area (Å²) in [4.78, 5) is 16.9. The van der Waals surface area contributed by atoms with Gasteiger partial charge in [0.05, 0.1) is 16.8 Å². The molecule has 3 rings (SSSR count). The van der Waals surface area contributed by atoms with Gasteiger partial charge >= 0.3 is 0 Å². The number of hydrogen-bond acceptors (Lipinski definition) is 3. The molecule has 1 aromatic carbocycles. The van der Waals surface area contributed by atoms with Crippen LogP contribution in [0.4, 0.5) is 0 Å². The lowest BCUT2D eigenvalue weighted by Crippen LogP contribution is -2.14. The Morgan fingerprint density at radius 2 is 1.92 bits per heavy atom. The number of primary amides is 1. The summed E-state index contributed by atoms with van der Waals surface area (Å²) >= 11 is 0. The first-order valence-corrected chi connectivity index (χ1v) is 8.98.